The lowest BCUT2D eigenvalue weighted by Gasteiger charge is -2.22. The molecule has 0 amide bonds. The van der Waals surface area contributed by atoms with Crippen LogP contribution in [0.15, 0.2) is 0 Å². The van der Waals surface area contributed by atoms with Crippen molar-refractivity contribution in [3.8, 4) is 0 Å². The number of nitrogens with two attached hydrogens (primary N) is 1. The molecular formula is C8H20N4O2S. The van der Waals surface area contributed by atoms with Gasteiger partial charge < -0.3 is 5.73 Å². The molecule has 15 heavy (non-hydrogen) atoms. The fraction of sp³-hybridized carbons (Fsp3) is 0.875. The lowest BCUT2D eigenvalue weighted by Crippen LogP contribution is -2.44. The molecule has 0 saturated heterocycles. The van der Waals surface area contributed by atoms with Crippen molar-refractivity contribution in [3.05, 3.63) is 0 Å². The van der Waals surface area contributed by atoms with Crippen LogP contribution in [-0.2, 0) is 10.2 Å². The van der Waals surface area contributed by atoms with E-state index < -0.39 is 10.2 Å². The largest absolute Gasteiger partial charge is 0.387 e. The highest BCUT2D eigenvalue weighted by Crippen LogP contribution is 2.01. The fourth-order valence-corrected chi connectivity index (χ4v) is 1.94. The second-order valence-corrected chi connectivity index (χ2v) is 5.63. The molecule has 0 bridgehead atoms. The van der Waals surface area contributed by atoms with Crippen molar-refractivity contribution in [1.29, 1.82) is 5.41 Å². The average Bonchev–Trinajstić information content (AvgIpc) is 2.12. The Labute approximate surface area is 91.5 Å². The van der Waals surface area contributed by atoms with E-state index in [9.17, 15) is 8.42 Å². The van der Waals surface area contributed by atoms with Gasteiger partial charge in [-0.3, -0.25) is 5.41 Å². The molecule has 0 spiro atoms. The number of nitrogens with zero attached hydrogens (tertiary/aromatic N) is 1. The quantitative estimate of drug-likeness (QED) is 0.437. The van der Waals surface area contributed by atoms with Crippen molar-refractivity contribution in [3.63, 3.8) is 0 Å². The first-order chi connectivity index (χ1) is 6.68. The van der Waals surface area contributed by atoms with Crippen LogP contribution in [0.2, 0.25) is 0 Å². The number of hydrogen-bond donors (Lipinski definition) is 3. The molecular weight excluding hydrogens is 216 g/mol. The van der Waals surface area contributed by atoms with Gasteiger partial charge in [-0.1, -0.05) is 6.92 Å². The maximum absolute atomic E-state index is 11.6. The van der Waals surface area contributed by atoms with Gasteiger partial charge >= 0.3 is 0 Å². The summed E-state index contributed by atoms with van der Waals surface area (Å²) >= 11 is 0. The molecule has 0 rings (SSSR count). The predicted octanol–water partition coefficient (Wildman–Crippen LogP) is -0.267. The van der Waals surface area contributed by atoms with E-state index >= 15 is 0 Å². The molecule has 6 nitrogen and oxygen atoms in total. The molecule has 0 fully saturated rings. The zero-order valence-corrected chi connectivity index (χ0v) is 10.4. The van der Waals surface area contributed by atoms with E-state index in [4.69, 9.17) is 11.1 Å². The molecule has 0 aliphatic carbocycles. The van der Waals surface area contributed by atoms with Gasteiger partial charge in [-0.05, 0) is 13.8 Å². The SMILES string of the molecule is CC(CNS(=O)(=O)N(C)C(C)C)C(=N)N. The zero-order valence-electron chi connectivity index (χ0n) is 9.61. The summed E-state index contributed by atoms with van der Waals surface area (Å²) in [6.07, 6.45) is 0. The van der Waals surface area contributed by atoms with Crippen LogP contribution in [0.1, 0.15) is 20.8 Å². The van der Waals surface area contributed by atoms with Crippen LogP contribution in [0.3, 0.4) is 0 Å². The van der Waals surface area contributed by atoms with E-state index in [-0.39, 0.29) is 24.3 Å². The van der Waals surface area contributed by atoms with Gasteiger partial charge in [-0.25, -0.2) is 4.72 Å². The van der Waals surface area contributed by atoms with Crippen LogP contribution in [0.4, 0.5) is 0 Å². The number of rotatable bonds is 6. The van der Waals surface area contributed by atoms with Crippen molar-refractivity contribution in [2.24, 2.45) is 11.7 Å². The lowest BCUT2D eigenvalue weighted by molar-refractivity contribution is 0.401. The van der Waals surface area contributed by atoms with E-state index in [1.165, 1.54) is 11.4 Å². The van der Waals surface area contributed by atoms with Crippen LogP contribution in [0, 0.1) is 11.3 Å². The Kier molecular flexibility index (Phi) is 5.19. The second-order valence-electron chi connectivity index (χ2n) is 3.82. The fourth-order valence-electron chi connectivity index (χ4n) is 0.720. The highest BCUT2D eigenvalue weighted by molar-refractivity contribution is 7.87. The third kappa shape index (κ3) is 4.59. The Bertz CT molecular complexity index is 313. The third-order valence-electron chi connectivity index (χ3n) is 2.21. The molecule has 7 heteroatoms. The van der Waals surface area contributed by atoms with Gasteiger partial charge in [0.05, 0.1) is 5.84 Å². The summed E-state index contributed by atoms with van der Waals surface area (Å²) in [5, 5.41) is 7.13. The number of nitrogens with one attached hydrogen (secondary N) is 2. The maximum Gasteiger partial charge on any atom is 0.279 e. The van der Waals surface area contributed by atoms with Crippen molar-refractivity contribution >= 4 is 16.0 Å². The highest BCUT2D eigenvalue weighted by atomic mass is 32.2. The normalized spacial score (nSPS) is 14.5. The molecule has 1 atom stereocenters. The van der Waals surface area contributed by atoms with Gasteiger partial charge in [0.1, 0.15) is 0 Å². The smallest absolute Gasteiger partial charge is 0.279 e. The molecule has 0 saturated carbocycles. The molecule has 0 aliphatic heterocycles. The monoisotopic (exact) mass is 236 g/mol. The van der Waals surface area contributed by atoms with Crippen molar-refractivity contribution in [1.82, 2.24) is 9.03 Å². The summed E-state index contributed by atoms with van der Waals surface area (Å²) in [5.41, 5.74) is 5.24. The summed E-state index contributed by atoms with van der Waals surface area (Å²) in [6, 6.07) is -0.102. The summed E-state index contributed by atoms with van der Waals surface area (Å²) in [4.78, 5) is 0. The molecule has 0 aromatic carbocycles. The van der Waals surface area contributed by atoms with Crippen molar-refractivity contribution in [2.45, 2.75) is 26.8 Å². The first kappa shape index (κ1) is 14.3. The minimum absolute atomic E-state index is 0.0232. The van der Waals surface area contributed by atoms with Crippen LogP contribution in [0.25, 0.3) is 0 Å². The molecule has 0 aromatic heterocycles. The predicted molar refractivity (Wildman–Crippen MR) is 60.9 cm³/mol. The second kappa shape index (κ2) is 5.43. The molecule has 1 unspecified atom stereocenters. The van der Waals surface area contributed by atoms with Crippen LogP contribution in [-0.4, -0.2) is 38.2 Å². The molecule has 90 valence electrons. The minimum Gasteiger partial charge on any atom is -0.387 e. The zero-order chi connectivity index (χ0) is 12.2. The molecule has 0 aromatic rings. The standard InChI is InChI=1S/C8H20N4O2S/c1-6(2)12(4)15(13,14)11-5-7(3)8(9)10/h6-7,11H,5H2,1-4H3,(H3,9,10). The Balaban J connectivity index is 4.35. The molecule has 0 radical (unpaired) electrons. The van der Waals surface area contributed by atoms with Gasteiger partial charge in [0.25, 0.3) is 10.2 Å². The third-order valence-corrected chi connectivity index (χ3v) is 3.92. The number of amidine groups is 1. The van der Waals surface area contributed by atoms with Gasteiger partial charge in [0, 0.05) is 25.6 Å². The summed E-state index contributed by atoms with van der Waals surface area (Å²) in [5.74, 6) is -0.315. The summed E-state index contributed by atoms with van der Waals surface area (Å²) in [6.45, 7) is 5.41. The van der Waals surface area contributed by atoms with Crippen LogP contribution >= 0.6 is 0 Å². The Hall–Kier alpha value is -0.660. The van der Waals surface area contributed by atoms with E-state index in [1.54, 1.807) is 20.8 Å². The van der Waals surface area contributed by atoms with Crippen LogP contribution in [0.5, 0.6) is 0 Å². The molecule has 0 heterocycles. The van der Waals surface area contributed by atoms with Gasteiger partial charge in [0.15, 0.2) is 0 Å². The Morgan fingerprint density at radius 1 is 1.47 bits per heavy atom. The Morgan fingerprint density at radius 2 is 1.93 bits per heavy atom. The summed E-state index contributed by atoms with van der Waals surface area (Å²) < 4.78 is 26.8. The lowest BCUT2D eigenvalue weighted by atomic mass is 10.2. The van der Waals surface area contributed by atoms with E-state index in [1.807, 2.05) is 0 Å². The van der Waals surface area contributed by atoms with E-state index in [0.717, 1.165) is 0 Å². The molecule has 4 N–H and O–H groups in total. The first-order valence-electron chi connectivity index (χ1n) is 4.75. The molecule has 0 aliphatic rings. The van der Waals surface area contributed by atoms with Crippen LogP contribution < -0.4 is 10.5 Å². The van der Waals surface area contributed by atoms with Crippen molar-refractivity contribution < 1.29 is 8.42 Å². The van der Waals surface area contributed by atoms with E-state index in [0.29, 0.717) is 0 Å². The van der Waals surface area contributed by atoms with Gasteiger partial charge in [-0.15, -0.1) is 0 Å². The topological polar surface area (TPSA) is 99.3 Å². The summed E-state index contributed by atoms with van der Waals surface area (Å²) in [7, 11) is -1.95. The van der Waals surface area contributed by atoms with Crippen molar-refractivity contribution in [2.75, 3.05) is 13.6 Å². The number of hydrogen-bond acceptors (Lipinski definition) is 3. The highest BCUT2D eigenvalue weighted by Gasteiger charge is 2.20. The maximum atomic E-state index is 11.6. The first-order valence-corrected chi connectivity index (χ1v) is 6.19. The van der Waals surface area contributed by atoms with Gasteiger partial charge in [0.2, 0.25) is 0 Å². The van der Waals surface area contributed by atoms with Gasteiger partial charge in [-0.2, -0.15) is 12.7 Å². The minimum atomic E-state index is -3.46. The van der Waals surface area contributed by atoms with E-state index in [2.05, 4.69) is 4.72 Å². The Morgan fingerprint density at radius 3 is 2.27 bits per heavy atom. The average molecular weight is 236 g/mol.